The van der Waals surface area contributed by atoms with Gasteiger partial charge in [-0.1, -0.05) is 0 Å². The topological polar surface area (TPSA) is 75.7 Å². The molecule has 2 saturated heterocycles. The monoisotopic (exact) mass is 290 g/mol. The molecule has 6 nitrogen and oxygen atoms in total. The van der Waals surface area contributed by atoms with Crippen molar-refractivity contribution >= 4 is 15.7 Å². The first-order valence-electron chi connectivity index (χ1n) is 6.86. The summed E-state index contributed by atoms with van der Waals surface area (Å²) in [5.41, 5.74) is 0. The minimum atomic E-state index is -2.88. The lowest BCUT2D eigenvalue weighted by Crippen LogP contribution is -2.44. The van der Waals surface area contributed by atoms with Crippen LogP contribution in [0.15, 0.2) is 0 Å². The smallest absolute Gasteiger partial charge is 0.224 e. The lowest BCUT2D eigenvalue weighted by Gasteiger charge is -2.27. The molecule has 2 aliphatic rings. The SMILES string of the molecule is O=C(CCNC1CCCS(=O)(=O)C1)N1CCOCC1. The van der Waals surface area contributed by atoms with Gasteiger partial charge in [0.15, 0.2) is 9.84 Å². The van der Waals surface area contributed by atoms with Gasteiger partial charge < -0.3 is 15.0 Å². The number of sulfone groups is 1. The highest BCUT2D eigenvalue weighted by Crippen LogP contribution is 2.12. The molecular weight excluding hydrogens is 268 g/mol. The standard InChI is InChI=1S/C12H22N2O4S/c15-12(14-5-7-18-8-6-14)3-4-13-11-2-1-9-19(16,17)10-11/h11,13H,1-10H2. The summed E-state index contributed by atoms with van der Waals surface area (Å²) >= 11 is 0. The van der Waals surface area contributed by atoms with Gasteiger partial charge in [0, 0.05) is 32.1 Å². The Morgan fingerprint density at radius 1 is 1.32 bits per heavy atom. The quantitative estimate of drug-likeness (QED) is 0.748. The zero-order chi connectivity index (χ0) is 13.7. The summed E-state index contributed by atoms with van der Waals surface area (Å²) in [6.07, 6.45) is 2.03. The first kappa shape index (κ1) is 14.7. The number of carbonyl (C=O) groups excluding carboxylic acids is 1. The molecule has 19 heavy (non-hydrogen) atoms. The molecule has 0 aromatic carbocycles. The lowest BCUT2D eigenvalue weighted by atomic mass is 10.2. The van der Waals surface area contributed by atoms with Crippen LogP contribution in [-0.4, -0.2) is 69.6 Å². The normalized spacial score (nSPS) is 27.2. The van der Waals surface area contributed by atoms with Gasteiger partial charge in [-0.15, -0.1) is 0 Å². The highest BCUT2D eigenvalue weighted by atomic mass is 32.2. The van der Waals surface area contributed by atoms with E-state index in [2.05, 4.69) is 5.32 Å². The molecule has 0 aromatic rings. The minimum Gasteiger partial charge on any atom is -0.378 e. The summed E-state index contributed by atoms with van der Waals surface area (Å²) in [5.74, 6) is 0.630. The maximum atomic E-state index is 11.9. The summed E-state index contributed by atoms with van der Waals surface area (Å²) in [6.45, 7) is 3.10. The van der Waals surface area contributed by atoms with E-state index in [0.29, 0.717) is 45.0 Å². The Kier molecular flexibility index (Phi) is 5.18. The molecule has 2 heterocycles. The van der Waals surface area contributed by atoms with Crippen molar-refractivity contribution in [2.45, 2.75) is 25.3 Å². The second-order valence-electron chi connectivity index (χ2n) is 5.15. The Morgan fingerprint density at radius 2 is 2.05 bits per heavy atom. The van der Waals surface area contributed by atoms with Crippen molar-refractivity contribution in [1.29, 1.82) is 0 Å². The third kappa shape index (κ3) is 4.74. The summed E-state index contributed by atoms with van der Waals surface area (Å²) in [5, 5.41) is 3.19. The van der Waals surface area contributed by atoms with Crippen molar-refractivity contribution in [3.63, 3.8) is 0 Å². The minimum absolute atomic E-state index is 0.0104. The maximum Gasteiger partial charge on any atom is 0.224 e. The van der Waals surface area contributed by atoms with Crippen molar-refractivity contribution in [3.8, 4) is 0 Å². The van der Waals surface area contributed by atoms with E-state index in [4.69, 9.17) is 4.74 Å². The Morgan fingerprint density at radius 3 is 2.74 bits per heavy atom. The molecule has 1 amide bonds. The van der Waals surface area contributed by atoms with Crippen LogP contribution in [0.3, 0.4) is 0 Å². The highest BCUT2D eigenvalue weighted by Gasteiger charge is 2.24. The molecular formula is C12H22N2O4S. The average molecular weight is 290 g/mol. The van der Waals surface area contributed by atoms with Crippen LogP contribution in [0.2, 0.25) is 0 Å². The molecule has 2 rings (SSSR count). The van der Waals surface area contributed by atoms with E-state index in [1.165, 1.54) is 0 Å². The molecule has 0 saturated carbocycles. The van der Waals surface area contributed by atoms with Crippen molar-refractivity contribution in [2.75, 3.05) is 44.4 Å². The number of carbonyl (C=O) groups is 1. The molecule has 2 aliphatic heterocycles. The predicted octanol–water partition coefficient (Wildman–Crippen LogP) is -0.598. The Labute approximate surface area is 114 Å². The van der Waals surface area contributed by atoms with Gasteiger partial charge in [0.2, 0.25) is 5.91 Å². The second-order valence-corrected chi connectivity index (χ2v) is 7.38. The molecule has 110 valence electrons. The fourth-order valence-electron chi connectivity index (χ4n) is 2.54. The first-order valence-corrected chi connectivity index (χ1v) is 8.68. The first-order chi connectivity index (χ1) is 9.07. The molecule has 0 bridgehead atoms. The largest absolute Gasteiger partial charge is 0.378 e. The van der Waals surface area contributed by atoms with Crippen LogP contribution in [0.4, 0.5) is 0 Å². The second kappa shape index (κ2) is 6.67. The molecule has 2 fully saturated rings. The summed E-state index contributed by atoms with van der Waals surface area (Å²) < 4.78 is 28.1. The van der Waals surface area contributed by atoms with Crippen molar-refractivity contribution in [2.24, 2.45) is 0 Å². The summed E-state index contributed by atoms with van der Waals surface area (Å²) in [6, 6.07) is 0.0104. The van der Waals surface area contributed by atoms with Gasteiger partial charge in [-0.25, -0.2) is 8.42 Å². The van der Waals surface area contributed by atoms with Crippen LogP contribution in [0.5, 0.6) is 0 Å². The van der Waals surface area contributed by atoms with E-state index < -0.39 is 9.84 Å². The molecule has 1 unspecified atom stereocenters. The van der Waals surface area contributed by atoms with E-state index >= 15 is 0 Å². The number of nitrogens with one attached hydrogen (secondary N) is 1. The van der Waals surface area contributed by atoms with Gasteiger partial charge in [0.25, 0.3) is 0 Å². The number of hydrogen-bond acceptors (Lipinski definition) is 5. The highest BCUT2D eigenvalue weighted by molar-refractivity contribution is 7.91. The predicted molar refractivity (Wildman–Crippen MR) is 71.7 cm³/mol. The zero-order valence-electron chi connectivity index (χ0n) is 11.1. The van der Waals surface area contributed by atoms with Crippen molar-refractivity contribution in [3.05, 3.63) is 0 Å². The van der Waals surface area contributed by atoms with Gasteiger partial charge in [0.1, 0.15) is 0 Å². The van der Waals surface area contributed by atoms with E-state index in [0.717, 1.165) is 12.8 Å². The molecule has 0 aromatic heterocycles. The van der Waals surface area contributed by atoms with Gasteiger partial charge in [-0.2, -0.15) is 0 Å². The third-order valence-electron chi connectivity index (χ3n) is 3.60. The van der Waals surface area contributed by atoms with Crippen LogP contribution in [0, 0.1) is 0 Å². The fraction of sp³-hybridized carbons (Fsp3) is 0.917. The van der Waals surface area contributed by atoms with E-state index in [-0.39, 0.29) is 17.7 Å². The number of hydrogen-bond donors (Lipinski definition) is 1. The van der Waals surface area contributed by atoms with Gasteiger partial charge in [0.05, 0.1) is 24.7 Å². The van der Waals surface area contributed by atoms with Gasteiger partial charge >= 0.3 is 0 Å². The van der Waals surface area contributed by atoms with E-state index in [1.54, 1.807) is 0 Å². The fourth-order valence-corrected chi connectivity index (χ4v) is 4.21. The molecule has 0 aliphatic carbocycles. The maximum absolute atomic E-state index is 11.9. The number of ether oxygens (including phenoxy) is 1. The van der Waals surface area contributed by atoms with Crippen LogP contribution < -0.4 is 5.32 Å². The summed E-state index contributed by atoms with van der Waals surface area (Å²) in [4.78, 5) is 13.7. The number of nitrogens with zero attached hydrogens (tertiary/aromatic N) is 1. The number of amides is 1. The van der Waals surface area contributed by atoms with Crippen LogP contribution >= 0.6 is 0 Å². The van der Waals surface area contributed by atoms with Crippen molar-refractivity contribution in [1.82, 2.24) is 10.2 Å². The van der Waals surface area contributed by atoms with Crippen LogP contribution in [-0.2, 0) is 19.4 Å². The lowest BCUT2D eigenvalue weighted by molar-refractivity contribution is -0.135. The number of rotatable bonds is 4. The van der Waals surface area contributed by atoms with Crippen LogP contribution in [0.1, 0.15) is 19.3 Å². The number of morpholine rings is 1. The summed E-state index contributed by atoms with van der Waals surface area (Å²) in [7, 11) is -2.88. The molecule has 0 spiro atoms. The molecule has 0 radical (unpaired) electrons. The van der Waals surface area contributed by atoms with E-state index in [9.17, 15) is 13.2 Å². The Bertz CT molecular complexity index is 404. The zero-order valence-corrected chi connectivity index (χ0v) is 12.0. The van der Waals surface area contributed by atoms with Crippen molar-refractivity contribution < 1.29 is 17.9 Å². The Balaban J connectivity index is 1.67. The third-order valence-corrected chi connectivity index (χ3v) is 5.42. The molecule has 7 heteroatoms. The van der Waals surface area contributed by atoms with Gasteiger partial charge in [-0.3, -0.25) is 4.79 Å². The Hall–Kier alpha value is -0.660. The molecule has 1 N–H and O–H groups in total. The van der Waals surface area contributed by atoms with E-state index in [1.807, 2.05) is 4.90 Å². The van der Waals surface area contributed by atoms with Gasteiger partial charge in [-0.05, 0) is 12.8 Å². The molecule has 1 atom stereocenters. The average Bonchev–Trinajstić information content (AvgIpc) is 2.38. The van der Waals surface area contributed by atoms with Crippen LogP contribution in [0.25, 0.3) is 0 Å².